The fourth-order valence-corrected chi connectivity index (χ4v) is 6.06. The number of hydrogen-bond acceptors (Lipinski definition) is 6. The zero-order valence-electron chi connectivity index (χ0n) is 26.8. The van der Waals surface area contributed by atoms with Crippen molar-refractivity contribution in [2.75, 3.05) is 20.8 Å². The maximum atomic E-state index is 13.3. The summed E-state index contributed by atoms with van der Waals surface area (Å²) in [6.07, 6.45) is 10.7. The second kappa shape index (κ2) is 16.3. The molecule has 1 heterocycles. The molecule has 1 aliphatic carbocycles. The molecule has 2 amide bonds. The lowest BCUT2D eigenvalue weighted by atomic mass is 9.76. The zero-order valence-corrected chi connectivity index (χ0v) is 26.8. The first-order valence-electron chi connectivity index (χ1n) is 15.5. The third kappa shape index (κ3) is 10.8. The Morgan fingerprint density at radius 1 is 1.10 bits per heavy atom. The van der Waals surface area contributed by atoms with Gasteiger partial charge < -0.3 is 25.3 Å². The molecular weight excluding hydrogens is 520 g/mol. The highest BCUT2D eigenvalue weighted by molar-refractivity contribution is 5.84. The number of rotatable bonds is 19. The summed E-state index contributed by atoms with van der Waals surface area (Å²) in [6.45, 7) is 12.9. The Kier molecular flexibility index (Phi) is 13.9. The van der Waals surface area contributed by atoms with Crippen LogP contribution < -0.4 is 11.1 Å². The number of amides is 2. The number of carbonyl (C=O) groups excluding carboxylic acids is 3. The van der Waals surface area contributed by atoms with Crippen molar-refractivity contribution in [2.45, 2.75) is 111 Å². The third-order valence-electron chi connectivity index (χ3n) is 9.16. The third-order valence-corrected chi connectivity index (χ3v) is 9.16. The van der Waals surface area contributed by atoms with Crippen molar-refractivity contribution in [1.82, 2.24) is 5.32 Å². The molecular formula is C33H56N2O6. The predicted octanol–water partition coefficient (Wildman–Crippen LogP) is 6.33. The van der Waals surface area contributed by atoms with E-state index in [4.69, 9.17) is 19.9 Å². The molecule has 1 aliphatic heterocycles. The average Bonchev–Trinajstić information content (AvgIpc) is 3.26. The van der Waals surface area contributed by atoms with Crippen LogP contribution in [0.4, 0.5) is 4.79 Å². The number of carbonyl (C=O) groups is 3. The molecule has 234 valence electrons. The summed E-state index contributed by atoms with van der Waals surface area (Å²) < 4.78 is 16.6. The fraction of sp³-hybridized carbons (Fsp3) is 0.788. The van der Waals surface area contributed by atoms with Gasteiger partial charge in [0, 0.05) is 31.5 Å². The summed E-state index contributed by atoms with van der Waals surface area (Å²) >= 11 is 0. The highest BCUT2D eigenvalue weighted by atomic mass is 16.6. The summed E-state index contributed by atoms with van der Waals surface area (Å²) in [5, 5.41) is 3.05. The number of nitrogens with one attached hydrogen (secondary N) is 1. The van der Waals surface area contributed by atoms with E-state index in [1.165, 1.54) is 5.57 Å². The van der Waals surface area contributed by atoms with Crippen LogP contribution in [0.15, 0.2) is 23.5 Å². The smallest absolute Gasteiger partial charge is 0.407 e. The molecule has 8 nitrogen and oxygen atoms in total. The van der Waals surface area contributed by atoms with Gasteiger partial charge in [-0.25, -0.2) is 4.79 Å². The SMILES string of the molecule is COCCCCC1=C(OC)C=CC(C[C@@H](C[C@@H]2NC(=O)O[C@H]2C[C@H](C(=O)CCC(C)(C)C(N)=O)C(C)C)C(C)C)C1. The van der Waals surface area contributed by atoms with Crippen LogP contribution in [-0.4, -0.2) is 50.8 Å². The summed E-state index contributed by atoms with van der Waals surface area (Å²) in [4.78, 5) is 37.4. The minimum atomic E-state index is -0.734. The number of allylic oxidation sites excluding steroid dienone is 3. The monoisotopic (exact) mass is 576 g/mol. The molecule has 0 bridgehead atoms. The van der Waals surface area contributed by atoms with Gasteiger partial charge in [0.1, 0.15) is 17.6 Å². The topological polar surface area (TPSA) is 117 Å². The molecule has 5 atom stereocenters. The molecule has 3 N–H and O–H groups in total. The Hall–Kier alpha value is -2.35. The summed E-state index contributed by atoms with van der Waals surface area (Å²) in [6, 6.07) is -0.142. The number of ether oxygens (including phenoxy) is 3. The molecule has 8 heteroatoms. The van der Waals surface area contributed by atoms with Gasteiger partial charge in [0.05, 0.1) is 13.2 Å². The van der Waals surface area contributed by atoms with E-state index < -0.39 is 17.4 Å². The number of alkyl carbamates (subject to hydrolysis) is 1. The molecule has 0 radical (unpaired) electrons. The molecule has 0 aromatic rings. The van der Waals surface area contributed by atoms with E-state index in [0.29, 0.717) is 30.6 Å². The number of cyclic esters (lactones) is 1. The van der Waals surface area contributed by atoms with Gasteiger partial charge in [-0.2, -0.15) is 0 Å². The van der Waals surface area contributed by atoms with E-state index in [1.807, 2.05) is 13.8 Å². The van der Waals surface area contributed by atoms with Crippen LogP contribution in [0.25, 0.3) is 0 Å². The summed E-state index contributed by atoms with van der Waals surface area (Å²) in [7, 11) is 3.48. The van der Waals surface area contributed by atoms with Crippen LogP contribution in [0.3, 0.4) is 0 Å². The number of unbranched alkanes of at least 4 members (excludes halogenated alkanes) is 1. The Morgan fingerprint density at radius 3 is 2.39 bits per heavy atom. The highest BCUT2D eigenvalue weighted by Crippen LogP contribution is 2.37. The van der Waals surface area contributed by atoms with Crippen LogP contribution in [0, 0.1) is 35.0 Å². The molecule has 0 saturated carbocycles. The molecule has 2 aliphatic rings. The molecule has 1 saturated heterocycles. The number of Topliss-reactive ketones (excluding diaryl/α,β-unsaturated/α-hetero) is 1. The number of ketones is 1. The van der Waals surface area contributed by atoms with Crippen molar-refractivity contribution in [3.63, 3.8) is 0 Å². The minimum Gasteiger partial charge on any atom is -0.497 e. The maximum Gasteiger partial charge on any atom is 0.407 e. The van der Waals surface area contributed by atoms with Gasteiger partial charge in [-0.3, -0.25) is 9.59 Å². The second-order valence-corrected chi connectivity index (χ2v) is 13.4. The van der Waals surface area contributed by atoms with Gasteiger partial charge in [0.15, 0.2) is 0 Å². The van der Waals surface area contributed by atoms with E-state index in [1.54, 1.807) is 28.1 Å². The lowest BCUT2D eigenvalue weighted by Gasteiger charge is -2.31. The lowest BCUT2D eigenvalue weighted by molar-refractivity contribution is -0.128. The maximum absolute atomic E-state index is 13.3. The first-order valence-corrected chi connectivity index (χ1v) is 15.5. The predicted molar refractivity (Wildman–Crippen MR) is 162 cm³/mol. The Bertz CT molecular complexity index is 938. The van der Waals surface area contributed by atoms with E-state index in [2.05, 4.69) is 31.3 Å². The first kappa shape index (κ1) is 34.8. The quantitative estimate of drug-likeness (QED) is 0.174. The first-order chi connectivity index (χ1) is 19.3. The average molecular weight is 577 g/mol. The number of hydrogen-bond donors (Lipinski definition) is 2. The molecule has 41 heavy (non-hydrogen) atoms. The largest absolute Gasteiger partial charge is 0.497 e. The van der Waals surface area contributed by atoms with Gasteiger partial charge in [-0.15, -0.1) is 0 Å². The Balaban J connectivity index is 2.06. The van der Waals surface area contributed by atoms with Gasteiger partial charge in [-0.05, 0) is 86.7 Å². The fourth-order valence-electron chi connectivity index (χ4n) is 6.06. The van der Waals surface area contributed by atoms with Gasteiger partial charge in [0.2, 0.25) is 5.91 Å². The summed E-state index contributed by atoms with van der Waals surface area (Å²) in [5.41, 5.74) is 6.15. The lowest BCUT2D eigenvalue weighted by Crippen LogP contribution is -2.38. The van der Waals surface area contributed by atoms with E-state index in [-0.39, 0.29) is 36.2 Å². The van der Waals surface area contributed by atoms with Gasteiger partial charge in [-0.1, -0.05) is 47.6 Å². The molecule has 0 aromatic carbocycles. The van der Waals surface area contributed by atoms with Crippen LogP contribution in [0.5, 0.6) is 0 Å². The van der Waals surface area contributed by atoms with Crippen molar-refractivity contribution in [1.29, 1.82) is 0 Å². The highest BCUT2D eigenvalue weighted by Gasteiger charge is 2.40. The van der Waals surface area contributed by atoms with Crippen molar-refractivity contribution < 1.29 is 28.6 Å². The van der Waals surface area contributed by atoms with E-state index in [0.717, 1.165) is 50.9 Å². The van der Waals surface area contributed by atoms with Crippen LogP contribution in [0.2, 0.25) is 0 Å². The number of nitrogens with two attached hydrogens (primary N) is 1. The second-order valence-electron chi connectivity index (χ2n) is 13.4. The van der Waals surface area contributed by atoms with Crippen molar-refractivity contribution >= 4 is 17.8 Å². The van der Waals surface area contributed by atoms with Crippen LogP contribution in [-0.2, 0) is 23.8 Å². The molecule has 1 fully saturated rings. The number of methoxy groups -OCH3 is 2. The summed E-state index contributed by atoms with van der Waals surface area (Å²) in [5.74, 6) is 1.74. The van der Waals surface area contributed by atoms with Crippen molar-refractivity contribution in [2.24, 2.45) is 40.7 Å². The van der Waals surface area contributed by atoms with E-state index >= 15 is 0 Å². The molecule has 2 rings (SSSR count). The number of primary amides is 1. The zero-order chi connectivity index (χ0) is 30.7. The van der Waals surface area contributed by atoms with Crippen molar-refractivity contribution in [3.05, 3.63) is 23.5 Å². The molecule has 0 spiro atoms. The minimum absolute atomic E-state index is 0.0940. The van der Waals surface area contributed by atoms with E-state index in [9.17, 15) is 14.4 Å². The molecule has 1 unspecified atom stereocenters. The Morgan fingerprint density at radius 2 is 1.80 bits per heavy atom. The van der Waals surface area contributed by atoms with Crippen LogP contribution >= 0.6 is 0 Å². The standard InChI is InChI=1S/C33H56N2O6/c1-21(2)25(18-23-12-13-29(40-8)24(17-23)11-9-10-16-39-7)19-27-30(41-32(38)35-27)20-26(22(3)4)28(36)14-15-33(5,6)31(34)37/h12-13,21-23,25-27,30H,9-11,14-20H2,1-8H3,(H2,34,37)(H,35,38)/t23?,25-,26-,27-,30-/m0/s1. The van der Waals surface area contributed by atoms with Gasteiger partial charge >= 0.3 is 6.09 Å². The van der Waals surface area contributed by atoms with Crippen molar-refractivity contribution in [3.8, 4) is 0 Å². The van der Waals surface area contributed by atoms with Crippen LogP contribution in [0.1, 0.15) is 99.3 Å². The molecule has 0 aromatic heterocycles. The normalized spacial score (nSPS) is 22.6. The van der Waals surface area contributed by atoms with Gasteiger partial charge in [0.25, 0.3) is 0 Å². The Labute approximate surface area is 248 Å².